The van der Waals surface area contributed by atoms with Crippen molar-refractivity contribution in [1.82, 2.24) is 0 Å². The maximum Gasteiger partial charge on any atom is 0.266 e. The zero-order valence-corrected chi connectivity index (χ0v) is 16.6. The minimum atomic E-state index is -0.557. The molecule has 2 rings (SSSR count). The molecule has 2 aromatic carbocycles. The Hall–Kier alpha value is -2.73. The van der Waals surface area contributed by atoms with Crippen molar-refractivity contribution in [3.8, 4) is 23.3 Å². The van der Waals surface area contributed by atoms with Crippen molar-refractivity contribution in [2.45, 2.75) is 6.92 Å². The van der Waals surface area contributed by atoms with Crippen molar-refractivity contribution >= 4 is 40.3 Å². The van der Waals surface area contributed by atoms with Gasteiger partial charge < -0.3 is 19.9 Å². The van der Waals surface area contributed by atoms with E-state index in [0.717, 1.165) is 5.56 Å². The Morgan fingerprint density at radius 3 is 2.54 bits per heavy atom. The zero-order valence-electron chi connectivity index (χ0n) is 14.5. The number of phenolic OH excluding ortho intramolecular Hbond substituents is 1. The van der Waals surface area contributed by atoms with E-state index in [4.69, 9.17) is 9.47 Å². The van der Waals surface area contributed by atoms with Crippen LogP contribution in [-0.4, -0.2) is 25.2 Å². The highest BCUT2D eigenvalue weighted by atomic mass is 127. The standard InChI is InChI=1S/C19H17IN2O4/c1-11-4-5-16(25-2)15(6-11)22-19(24)13(10-21)7-12-8-14(20)18(23)17(9-12)26-3/h4-9,23H,1-3H3,(H,22,24)/b13-7+. The van der Waals surface area contributed by atoms with Crippen molar-refractivity contribution in [1.29, 1.82) is 5.26 Å². The summed E-state index contributed by atoms with van der Waals surface area (Å²) in [6.07, 6.45) is 1.43. The number of aryl methyl sites for hydroxylation is 1. The lowest BCUT2D eigenvalue weighted by molar-refractivity contribution is -0.112. The predicted octanol–water partition coefficient (Wildman–Crippen LogP) is 3.87. The summed E-state index contributed by atoms with van der Waals surface area (Å²) in [4.78, 5) is 12.5. The number of hydrogen-bond acceptors (Lipinski definition) is 5. The summed E-state index contributed by atoms with van der Waals surface area (Å²) in [5, 5.41) is 22.0. The molecule has 0 saturated carbocycles. The molecular formula is C19H17IN2O4. The summed E-state index contributed by atoms with van der Waals surface area (Å²) < 4.78 is 10.9. The molecule has 0 aliphatic carbocycles. The normalized spacial score (nSPS) is 10.8. The fourth-order valence-electron chi connectivity index (χ4n) is 2.26. The molecule has 134 valence electrons. The smallest absolute Gasteiger partial charge is 0.266 e. The van der Waals surface area contributed by atoms with E-state index >= 15 is 0 Å². The molecule has 26 heavy (non-hydrogen) atoms. The van der Waals surface area contributed by atoms with Crippen LogP contribution in [0.2, 0.25) is 0 Å². The van der Waals surface area contributed by atoms with E-state index in [-0.39, 0.29) is 17.1 Å². The predicted molar refractivity (Wildman–Crippen MR) is 107 cm³/mol. The third kappa shape index (κ3) is 4.46. The van der Waals surface area contributed by atoms with Crippen LogP contribution in [0, 0.1) is 21.8 Å². The van der Waals surface area contributed by atoms with Gasteiger partial charge in [0.05, 0.1) is 23.5 Å². The summed E-state index contributed by atoms with van der Waals surface area (Å²) in [6, 6.07) is 10.5. The van der Waals surface area contributed by atoms with Crippen LogP contribution in [-0.2, 0) is 4.79 Å². The van der Waals surface area contributed by atoms with Gasteiger partial charge in [-0.1, -0.05) is 6.07 Å². The number of methoxy groups -OCH3 is 2. The van der Waals surface area contributed by atoms with Gasteiger partial charge in [0, 0.05) is 0 Å². The number of anilines is 1. The Labute approximate surface area is 165 Å². The first-order valence-electron chi connectivity index (χ1n) is 7.54. The third-order valence-corrected chi connectivity index (χ3v) is 4.37. The summed E-state index contributed by atoms with van der Waals surface area (Å²) in [7, 11) is 2.94. The van der Waals surface area contributed by atoms with Crippen molar-refractivity contribution in [3.63, 3.8) is 0 Å². The molecule has 0 saturated heterocycles. The van der Waals surface area contributed by atoms with E-state index in [1.807, 2.05) is 41.7 Å². The third-order valence-electron chi connectivity index (χ3n) is 3.55. The Morgan fingerprint density at radius 1 is 1.23 bits per heavy atom. The molecular weight excluding hydrogens is 447 g/mol. The van der Waals surface area contributed by atoms with Gasteiger partial charge in [0.25, 0.3) is 5.91 Å². The first-order valence-corrected chi connectivity index (χ1v) is 8.61. The minimum Gasteiger partial charge on any atom is -0.504 e. The second-order valence-corrected chi connectivity index (χ2v) is 6.54. The van der Waals surface area contributed by atoms with Gasteiger partial charge in [-0.25, -0.2) is 0 Å². The number of nitriles is 1. The van der Waals surface area contributed by atoms with E-state index in [1.54, 1.807) is 24.3 Å². The maximum absolute atomic E-state index is 12.5. The number of rotatable bonds is 5. The van der Waals surface area contributed by atoms with Crippen LogP contribution in [0.1, 0.15) is 11.1 Å². The molecule has 0 aliphatic heterocycles. The highest BCUT2D eigenvalue weighted by Crippen LogP contribution is 2.33. The lowest BCUT2D eigenvalue weighted by Crippen LogP contribution is -2.14. The quantitative estimate of drug-likeness (QED) is 0.399. The molecule has 6 nitrogen and oxygen atoms in total. The largest absolute Gasteiger partial charge is 0.504 e. The summed E-state index contributed by atoms with van der Waals surface area (Å²) in [5.41, 5.74) is 1.90. The van der Waals surface area contributed by atoms with E-state index in [0.29, 0.717) is 20.6 Å². The fourth-order valence-corrected chi connectivity index (χ4v) is 2.88. The second-order valence-electron chi connectivity index (χ2n) is 5.38. The Kier molecular flexibility index (Phi) is 6.46. The molecule has 1 amide bonds. The summed E-state index contributed by atoms with van der Waals surface area (Å²) in [5.74, 6) is 0.222. The average molecular weight is 464 g/mol. The van der Waals surface area contributed by atoms with Crippen LogP contribution in [0.3, 0.4) is 0 Å². The van der Waals surface area contributed by atoms with Gasteiger partial charge in [0.15, 0.2) is 11.5 Å². The number of hydrogen-bond donors (Lipinski definition) is 2. The minimum absolute atomic E-state index is 0.0118. The molecule has 0 spiro atoms. The molecule has 0 bridgehead atoms. The lowest BCUT2D eigenvalue weighted by Gasteiger charge is -2.11. The van der Waals surface area contributed by atoms with Crippen LogP contribution in [0.5, 0.6) is 17.2 Å². The number of amides is 1. The molecule has 2 N–H and O–H groups in total. The first-order chi connectivity index (χ1) is 12.4. The van der Waals surface area contributed by atoms with Gasteiger partial charge in [-0.2, -0.15) is 5.26 Å². The molecule has 0 fully saturated rings. The van der Waals surface area contributed by atoms with Crippen LogP contribution in [0.15, 0.2) is 35.9 Å². The maximum atomic E-state index is 12.5. The molecule has 0 aromatic heterocycles. The molecule has 2 aromatic rings. The molecule has 0 atom stereocenters. The van der Waals surface area contributed by atoms with Crippen LogP contribution >= 0.6 is 22.6 Å². The number of benzene rings is 2. The molecule has 0 radical (unpaired) electrons. The number of carbonyl (C=O) groups excluding carboxylic acids is 1. The SMILES string of the molecule is COc1ccc(C)cc1NC(=O)/C(C#N)=C/c1cc(I)c(O)c(OC)c1. The summed E-state index contributed by atoms with van der Waals surface area (Å²) >= 11 is 1.95. The van der Waals surface area contributed by atoms with Crippen molar-refractivity contribution in [2.24, 2.45) is 0 Å². The van der Waals surface area contributed by atoms with Crippen LogP contribution in [0.25, 0.3) is 6.08 Å². The average Bonchev–Trinajstić information content (AvgIpc) is 2.62. The monoisotopic (exact) mass is 464 g/mol. The first kappa shape index (κ1) is 19.6. The van der Waals surface area contributed by atoms with Gasteiger partial charge in [0.1, 0.15) is 17.4 Å². The van der Waals surface area contributed by atoms with E-state index < -0.39 is 5.91 Å². The van der Waals surface area contributed by atoms with Gasteiger partial charge in [-0.15, -0.1) is 0 Å². The molecule has 0 heterocycles. The number of carbonyl (C=O) groups is 1. The Bertz CT molecular complexity index is 916. The highest BCUT2D eigenvalue weighted by molar-refractivity contribution is 14.1. The fraction of sp³-hybridized carbons (Fsp3) is 0.158. The number of aromatic hydroxyl groups is 1. The number of nitrogens with zero attached hydrogens (tertiary/aromatic N) is 1. The van der Waals surface area contributed by atoms with Gasteiger partial charge in [-0.3, -0.25) is 4.79 Å². The Balaban J connectivity index is 2.35. The number of ether oxygens (including phenoxy) is 2. The molecule has 0 unspecified atom stereocenters. The van der Waals surface area contributed by atoms with Crippen LogP contribution < -0.4 is 14.8 Å². The topological polar surface area (TPSA) is 91.6 Å². The van der Waals surface area contributed by atoms with Gasteiger partial charge in [-0.05, 0) is 71.0 Å². The van der Waals surface area contributed by atoms with Gasteiger partial charge in [0.2, 0.25) is 0 Å². The number of phenols is 1. The highest BCUT2D eigenvalue weighted by Gasteiger charge is 2.14. The van der Waals surface area contributed by atoms with Crippen molar-refractivity contribution in [2.75, 3.05) is 19.5 Å². The molecule has 7 heteroatoms. The number of halogens is 1. The van der Waals surface area contributed by atoms with E-state index in [2.05, 4.69) is 5.32 Å². The molecule has 0 aliphatic rings. The van der Waals surface area contributed by atoms with Crippen molar-refractivity contribution < 1.29 is 19.4 Å². The lowest BCUT2D eigenvalue weighted by atomic mass is 10.1. The van der Waals surface area contributed by atoms with Gasteiger partial charge >= 0.3 is 0 Å². The second kappa shape index (κ2) is 8.58. The zero-order chi connectivity index (χ0) is 19.3. The van der Waals surface area contributed by atoms with E-state index in [1.165, 1.54) is 20.3 Å². The van der Waals surface area contributed by atoms with Crippen molar-refractivity contribution in [3.05, 3.63) is 50.6 Å². The van der Waals surface area contributed by atoms with E-state index in [9.17, 15) is 15.2 Å². The summed E-state index contributed by atoms with van der Waals surface area (Å²) in [6.45, 7) is 1.89. The number of nitrogens with one attached hydrogen (secondary N) is 1. The Morgan fingerprint density at radius 2 is 1.92 bits per heavy atom. The van der Waals surface area contributed by atoms with Crippen LogP contribution in [0.4, 0.5) is 5.69 Å².